The summed E-state index contributed by atoms with van der Waals surface area (Å²) in [5, 5.41) is 4.56. The fraction of sp³-hybridized carbons (Fsp3) is 0.706. The first-order valence-corrected chi connectivity index (χ1v) is 8.71. The standard InChI is InChI=1S/C17H25N3O6/c1-17(2,3)19-16(25)18-12(21)9-26-13(22)8-20-14(23)10-6-4-5-7-11(10)15(20)24/h10-11H,4-9H2,1-3H3,(H2,18,19,21,25)/t10-,11+. The Kier molecular flexibility index (Phi) is 5.99. The van der Waals surface area contributed by atoms with Gasteiger partial charge in [0.25, 0.3) is 5.91 Å². The molecule has 9 heteroatoms. The zero-order chi connectivity index (χ0) is 19.5. The van der Waals surface area contributed by atoms with Crippen molar-refractivity contribution in [3.05, 3.63) is 0 Å². The van der Waals surface area contributed by atoms with Gasteiger partial charge in [0, 0.05) is 5.54 Å². The molecule has 0 aromatic rings. The second-order valence-corrected chi connectivity index (χ2v) is 7.67. The van der Waals surface area contributed by atoms with Crippen molar-refractivity contribution < 1.29 is 28.7 Å². The molecule has 0 radical (unpaired) electrons. The molecular formula is C17H25N3O6. The van der Waals surface area contributed by atoms with Crippen molar-refractivity contribution in [2.45, 2.75) is 52.0 Å². The molecule has 0 bridgehead atoms. The van der Waals surface area contributed by atoms with E-state index >= 15 is 0 Å². The minimum atomic E-state index is -0.864. The lowest BCUT2D eigenvalue weighted by atomic mass is 9.81. The number of likely N-dealkylation sites (tertiary alicyclic amines) is 1. The summed E-state index contributed by atoms with van der Waals surface area (Å²) in [6.07, 6.45) is 3.11. The molecular weight excluding hydrogens is 342 g/mol. The van der Waals surface area contributed by atoms with Crippen molar-refractivity contribution in [2.75, 3.05) is 13.2 Å². The topological polar surface area (TPSA) is 122 Å². The van der Waals surface area contributed by atoms with Crippen molar-refractivity contribution in [2.24, 2.45) is 11.8 Å². The van der Waals surface area contributed by atoms with Crippen LogP contribution in [-0.4, -0.2) is 53.3 Å². The third-order valence-corrected chi connectivity index (χ3v) is 4.33. The van der Waals surface area contributed by atoms with Gasteiger partial charge in [-0.15, -0.1) is 0 Å². The number of nitrogens with zero attached hydrogens (tertiary/aromatic N) is 1. The van der Waals surface area contributed by atoms with Crippen LogP contribution < -0.4 is 10.6 Å². The summed E-state index contributed by atoms with van der Waals surface area (Å²) < 4.78 is 4.77. The fourth-order valence-corrected chi connectivity index (χ4v) is 3.24. The summed E-state index contributed by atoms with van der Waals surface area (Å²) in [5.74, 6) is -3.03. The lowest BCUT2D eigenvalue weighted by molar-refractivity contribution is -0.154. The lowest BCUT2D eigenvalue weighted by Crippen LogP contribution is -2.49. The molecule has 0 spiro atoms. The minimum Gasteiger partial charge on any atom is -0.454 e. The number of hydrogen-bond donors (Lipinski definition) is 2. The van der Waals surface area contributed by atoms with Crippen LogP contribution in [0.15, 0.2) is 0 Å². The van der Waals surface area contributed by atoms with Crippen LogP contribution in [0.4, 0.5) is 4.79 Å². The monoisotopic (exact) mass is 367 g/mol. The highest BCUT2D eigenvalue weighted by Gasteiger charge is 2.48. The molecule has 26 heavy (non-hydrogen) atoms. The Labute approximate surface area is 151 Å². The maximum atomic E-state index is 12.3. The van der Waals surface area contributed by atoms with Crippen LogP contribution in [-0.2, 0) is 23.9 Å². The lowest BCUT2D eigenvalue weighted by Gasteiger charge is -2.20. The fourth-order valence-electron chi connectivity index (χ4n) is 3.24. The second kappa shape index (κ2) is 7.84. The van der Waals surface area contributed by atoms with E-state index in [9.17, 15) is 24.0 Å². The number of hydrogen-bond acceptors (Lipinski definition) is 6. The number of carbonyl (C=O) groups is 5. The van der Waals surface area contributed by atoms with Gasteiger partial charge in [0.15, 0.2) is 6.61 Å². The number of rotatable bonds is 4. The molecule has 9 nitrogen and oxygen atoms in total. The molecule has 0 aromatic carbocycles. The van der Waals surface area contributed by atoms with Gasteiger partial charge >= 0.3 is 12.0 Å². The number of amides is 5. The minimum absolute atomic E-state index is 0.339. The zero-order valence-corrected chi connectivity index (χ0v) is 15.3. The zero-order valence-electron chi connectivity index (χ0n) is 15.3. The van der Waals surface area contributed by atoms with E-state index in [4.69, 9.17) is 4.74 Å². The van der Waals surface area contributed by atoms with Crippen LogP contribution in [0, 0.1) is 11.8 Å². The van der Waals surface area contributed by atoms with E-state index in [2.05, 4.69) is 5.32 Å². The Morgan fingerprint density at radius 2 is 1.62 bits per heavy atom. The third kappa shape index (κ3) is 5.03. The highest BCUT2D eigenvalue weighted by Crippen LogP contribution is 2.37. The van der Waals surface area contributed by atoms with Crippen LogP contribution in [0.3, 0.4) is 0 Å². The van der Waals surface area contributed by atoms with Gasteiger partial charge < -0.3 is 10.1 Å². The molecule has 1 aliphatic carbocycles. The molecule has 2 fully saturated rings. The van der Waals surface area contributed by atoms with Gasteiger partial charge in [-0.25, -0.2) is 4.79 Å². The van der Waals surface area contributed by atoms with E-state index in [-0.39, 0.29) is 23.7 Å². The largest absolute Gasteiger partial charge is 0.454 e. The van der Waals surface area contributed by atoms with Gasteiger partial charge in [-0.05, 0) is 33.6 Å². The van der Waals surface area contributed by atoms with Crippen LogP contribution in [0.5, 0.6) is 0 Å². The maximum absolute atomic E-state index is 12.3. The summed E-state index contributed by atoms with van der Waals surface area (Å²) in [7, 11) is 0. The molecule has 1 saturated heterocycles. The van der Waals surface area contributed by atoms with Gasteiger partial charge in [0.1, 0.15) is 6.54 Å². The molecule has 2 rings (SSSR count). The Bertz CT molecular complexity index is 600. The van der Waals surface area contributed by atoms with E-state index < -0.39 is 36.6 Å². The first-order valence-electron chi connectivity index (χ1n) is 8.71. The number of fused-ring (bicyclic) bond motifs is 1. The highest BCUT2D eigenvalue weighted by molar-refractivity contribution is 6.07. The predicted octanol–water partition coefficient (Wildman–Crippen LogP) is 0.329. The number of esters is 1. The van der Waals surface area contributed by atoms with Crippen LogP contribution in [0.25, 0.3) is 0 Å². The molecule has 2 N–H and O–H groups in total. The average molecular weight is 367 g/mol. The van der Waals surface area contributed by atoms with E-state index in [0.717, 1.165) is 17.7 Å². The average Bonchev–Trinajstić information content (AvgIpc) is 2.76. The number of imide groups is 2. The summed E-state index contributed by atoms with van der Waals surface area (Å²) in [5.41, 5.74) is -0.520. The SMILES string of the molecule is CC(C)(C)NC(=O)NC(=O)COC(=O)CN1C(=O)[C@H]2CCCC[C@H]2C1=O. The Hall–Kier alpha value is -2.45. The Balaban J connectivity index is 1.78. The maximum Gasteiger partial charge on any atom is 0.326 e. The number of urea groups is 1. The van der Waals surface area contributed by atoms with Crippen molar-refractivity contribution in [1.29, 1.82) is 0 Å². The number of ether oxygens (including phenoxy) is 1. The number of nitrogens with one attached hydrogen (secondary N) is 2. The normalized spacial score (nSPS) is 22.7. The summed E-state index contributed by atoms with van der Waals surface area (Å²) in [4.78, 5) is 60.5. The first kappa shape index (κ1) is 19.9. The van der Waals surface area contributed by atoms with Gasteiger partial charge in [-0.3, -0.25) is 29.4 Å². The molecule has 0 aromatic heterocycles. The molecule has 1 heterocycles. The second-order valence-electron chi connectivity index (χ2n) is 7.67. The Morgan fingerprint density at radius 3 is 2.12 bits per heavy atom. The van der Waals surface area contributed by atoms with E-state index in [1.54, 1.807) is 20.8 Å². The molecule has 1 saturated carbocycles. The Morgan fingerprint density at radius 1 is 1.08 bits per heavy atom. The molecule has 5 amide bonds. The molecule has 2 aliphatic rings. The van der Waals surface area contributed by atoms with Crippen LogP contribution in [0.2, 0.25) is 0 Å². The smallest absolute Gasteiger partial charge is 0.326 e. The molecule has 1 aliphatic heterocycles. The van der Waals surface area contributed by atoms with Crippen molar-refractivity contribution in [3.63, 3.8) is 0 Å². The summed E-state index contributed by atoms with van der Waals surface area (Å²) in [6, 6.07) is -0.701. The molecule has 144 valence electrons. The molecule has 2 atom stereocenters. The molecule has 0 unspecified atom stereocenters. The van der Waals surface area contributed by atoms with E-state index in [1.807, 2.05) is 5.32 Å². The van der Waals surface area contributed by atoms with E-state index in [0.29, 0.717) is 12.8 Å². The summed E-state index contributed by atoms with van der Waals surface area (Å²) in [6.45, 7) is 4.07. The van der Waals surface area contributed by atoms with Crippen molar-refractivity contribution in [3.8, 4) is 0 Å². The first-order chi connectivity index (χ1) is 12.1. The highest BCUT2D eigenvalue weighted by atomic mass is 16.5. The van der Waals surface area contributed by atoms with Crippen molar-refractivity contribution in [1.82, 2.24) is 15.5 Å². The van der Waals surface area contributed by atoms with Gasteiger partial charge in [-0.2, -0.15) is 0 Å². The quantitative estimate of drug-likeness (QED) is 0.545. The van der Waals surface area contributed by atoms with Gasteiger partial charge in [0.05, 0.1) is 11.8 Å². The summed E-state index contributed by atoms with van der Waals surface area (Å²) >= 11 is 0. The predicted molar refractivity (Wildman–Crippen MR) is 89.6 cm³/mol. The van der Waals surface area contributed by atoms with E-state index in [1.165, 1.54) is 0 Å². The van der Waals surface area contributed by atoms with Crippen LogP contribution >= 0.6 is 0 Å². The van der Waals surface area contributed by atoms with Crippen LogP contribution in [0.1, 0.15) is 46.5 Å². The number of carbonyl (C=O) groups excluding carboxylic acids is 5. The van der Waals surface area contributed by atoms with Gasteiger partial charge in [-0.1, -0.05) is 12.8 Å². The van der Waals surface area contributed by atoms with Gasteiger partial charge in [0.2, 0.25) is 11.8 Å². The third-order valence-electron chi connectivity index (χ3n) is 4.33. The van der Waals surface area contributed by atoms with Crippen molar-refractivity contribution >= 4 is 29.7 Å².